The Labute approximate surface area is 177 Å². The van der Waals surface area contributed by atoms with E-state index in [4.69, 9.17) is 13.9 Å². The van der Waals surface area contributed by atoms with Gasteiger partial charge in [0.2, 0.25) is 0 Å². The van der Waals surface area contributed by atoms with Crippen LogP contribution in [0.15, 0.2) is 71.3 Å². The summed E-state index contributed by atoms with van der Waals surface area (Å²) in [5, 5.41) is 0. The Hall–Kier alpha value is -3.21. The molecule has 1 aliphatic heterocycles. The summed E-state index contributed by atoms with van der Waals surface area (Å²) >= 11 is 0. The minimum absolute atomic E-state index is 0.0806. The van der Waals surface area contributed by atoms with Gasteiger partial charge in [-0.1, -0.05) is 24.3 Å². The summed E-state index contributed by atoms with van der Waals surface area (Å²) in [6.07, 6.45) is 2.27. The first-order chi connectivity index (χ1) is 14.4. The SMILES string of the molecule is CC(C)(C)Oc1ccc(OC[C@@H]2Cc3ccccc3CN2C(=O)c2ccco2)cc1. The maximum atomic E-state index is 13.0. The Bertz CT molecular complexity index is 987. The number of fused-ring (bicyclic) bond motifs is 1. The number of hydrogen-bond acceptors (Lipinski definition) is 4. The zero-order valence-electron chi connectivity index (χ0n) is 17.6. The fourth-order valence-corrected chi connectivity index (χ4v) is 3.67. The molecule has 4 rings (SSSR count). The van der Waals surface area contributed by atoms with Crippen LogP contribution in [0.3, 0.4) is 0 Å². The number of benzene rings is 2. The van der Waals surface area contributed by atoms with Crippen molar-refractivity contribution in [2.24, 2.45) is 0 Å². The van der Waals surface area contributed by atoms with Crippen molar-refractivity contribution < 1.29 is 18.7 Å². The molecule has 0 saturated heterocycles. The van der Waals surface area contributed by atoms with Crippen molar-refractivity contribution >= 4 is 5.91 Å². The van der Waals surface area contributed by atoms with E-state index in [0.717, 1.165) is 23.5 Å². The van der Waals surface area contributed by atoms with Crippen molar-refractivity contribution in [3.63, 3.8) is 0 Å². The molecule has 3 aromatic rings. The molecule has 0 saturated carbocycles. The van der Waals surface area contributed by atoms with E-state index in [2.05, 4.69) is 12.1 Å². The molecule has 30 heavy (non-hydrogen) atoms. The van der Waals surface area contributed by atoms with E-state index < -0.39 is 0 Å². The van der Waals surface area contributed by atoms with Crippen LogP contribution in [0.25, 0.3) is 0 Å². The molecule has 5 nitrogen and oxygen atoms in total. The van der Waals surface area contributed by atoms with E-state index >= 15 is 0 Å². The van der Waals surface area contributed by atoms with Gasteiger partial charge in [0, 0.05) is 6.54 Å². The molecule has 5 heteroatoms. The maximum absolute atomic E-state index is 13.0. The van der Waals surface area contributed by atoms with Crippen molar-refractivity contribution in [3.8, 4) is 11.5 Å². The quantitative estimate of drug-likeness (QED) is 0.592. The van der Waals surface area contributed by atoms with E-state index in [-0.39, 0.29) is 17.6 Å². The highest BCUT2D eigenvalue weighted by Gasteiger charge is 2.32. The number of furan rings is 1. The molecule has 1 aromatic heterocycles. The Kier molecular flexibility index (Phi) is 5.53. The van der Waals surface area contributed by atoms with Gasteiger partial charge in [-0.2, -0.15) is 0 Å². The lowest BCUT2D eigenvalue weighted by Crippen LogP contribution is -2.47. The number of rotatable bonds is 5. The van der Waals surface area contributed by atoms with Crippen molar-refractivity contribution in [1.82, 2.24) is 4.90 Å². The molecule has 1 aliphatic rings. The highest BCUT2D eigenvalue weighted by Crippen LogP contribution is 2.27. The van der Waals surface area contributed by atoms with Gasteiger partial charge < -0.3 is 18.8 Å². The lowest BCUT2D eigenvalue weighted by molar-refractivity contribution is 0.0534. The van der Waals surface area contributed by atoms with Gasteiger partial charge in [-0.3, -0.25) is 4.79 Å². The average molecular weight is 405 g/mol. The van der Waals surface area contributed by atoms with Gasteiger partial charge in [0.05, 0.1) is 12.3 Å². The minimum Gasteiger partial charge on any atom is -0.491 e. The van der Waals surface area contributed by atoms with E-state index in [0.29, 0.717) is 18.9 Å². The summed E-state index contributed by atoms with van der Waals surface area (Å²) in [4.78, 5) is 14.9. The number of ether oxygens (including phenoxy) is 2. The van der Waals surface area contributed by atoms with Gasteiger partial charge in [-0.05, 0) is 74.7 Å². The predicted molar refractivity (Wildman–Crippen MR) is 115 cm³/mol. The molecule has 1 amide bonds. The van der Waals surface area contributed by atoms with Gasteiger partial charge in [-0.15, -0.1) is 0 Å². The first-order valence-electron chi connectivity index (χ1n) is 10.2. The number of carbonyl (C=O) groups is 1. The number of amides is 1. The largest absolute Gasteiger partial charge is 0.491 e. The number of carbonyl (C=O) groups excluding carboxylic acids is 1. The van der Waals surface area contributed by atoms with Crippen LogP contribution < -0.4 is 9.47 Å². The van der Waals surface area contributed by atoms with E-state index in [1.165, 1.54) is 11.8 Å². The standard InChI is InChI=1S/C25H27NO4/c1-25(2,3)30-22-12-10-21(11-13-22)29-17-20-15-18-7-4-5-8-19(18)16-26(20)24(27)23-9-6-14-28-23/h4-14,20H,15-17H2,1-3H3/t20-/m0/s1. The summed E-state index contributed by atoms with van der Waals surface area (Å²) in [5.74, 6) is 1.79. The van der Waals surface area contributed by atoms with Crippen LogP contribution in [0, 0.1) is 0 Å². The molecule has 0 unspecified atom stereocenters. The molecule has 0 radical (unpaired) electrons. The summed E-state index contributed by atoms with van der Waals surface area (Å²) < 4.78 is 17.3. The van der Waals surface area contributed by atoms with E-state index in [9.17, 15) is 4.79 Å². The Morgan fingerprint density at radius 3 is 2.37 bits per heavy atom. The molecule has 1 atom stereocenters. The molecule has 0 aliphatic carbocycles. The Morgan fingerprint density at radius 2 is 1.70 bits per heavy atom. The van der Waals surface area contributed by atoms with Crippen LogP contribution in [-0.4, -0.2) is 29.1 Å². The van der Waals surface area contributed by atoms with E-state index in [1.54, 1.807) is 12.1 Å². The van der Waals surface area contributed by atoms with Gasteiger partial charge in [0.1, 0.15) is 23.7 Å². The first kappa shape index (κ1) is 20.1. The fourth-order valence-electron chi connectivity index (χ4n) is 3.67. The van der Waals surface area contributed by atoms with Gasteiger partial charge in [0.15, 0.2) is 5.76 Å². The fraction of sp³-hybridized carbons (Fsp3) is 0.320. The molecule has 2 aromatic carbocycles. The molecule has 156 valence electrons. The van der Waals surface area contributed by atoms with Crippen LogP contribution >= 0.6 is 0 Å². The van der Waals surface area contributed by atoms with Crippen LogP contribution in [0.2, 0.25) is 0 Å². The summed E-state index contributed by atoms with van der Waals surface area (Å²) in [7, 11) is 0. The van der Waals surface area contributed by atoms with Gasteiger partial charge >= 0.3 is 0 Å². The smallest absolute Gasteiger partial charge is 0.290 e. The van der Waals surface area contributed by atoms with E-state index in [1.807, 2.05) is 62.1 Å². The van der Waals surface area contributed by atoms with Crippen LogP contribution in [-0.2, 0) is 13.0 Å². The highest BCUT2D eigenvalue weighted by atomic mass is 16.5. The maximum Gasteiger partial charge on any atom is 0.290 e. The third-order valence-corrected chi connectivity index (χ3v) is 5.04. The van der Waals surface area contributed by atoms with Gasteiger partial charge in [-0.25, -0.2) is 0 Å². The van der Waals surface area contributed by atoms with Crippen LogP contribution in [0.4, 0.5) is 0 Å². The molecular formula is C25H27NO4. The lowest BCUT2D eigenvalue weighted by atomic mass is 9.94. The third kappa shape index (κ3) is 4.67. The monoisotopic (exact) mass is 405 g/mol. The summed E-state index contributed by atoms with van der Waals surface area (Å²) in [6, 6.07) is 19.2. The second kappa shape index (κ2) is 8.27. The van der Waals surface area contributed by atoms with Crippen molar-refractivity contribution in [3.05, 3.63) is 83.8 Å². The normalized spacial score (nSPS) is 16.1. The molecular weight excluding hydrogens is 378 g/mol. The van der Waals surface area contributed by atoms with Crippen molar-refractivity contribution in [1.29, 1.82) is 0 Å². The minimum atomic E-state index is -0.245. The first-order valence-corrected chi connectivity index (χ1v) is 10.2. The highest BCUT2D eigenvalue weighted by molar-refractivity contribution is 5.91. The average Bonchev–Trinajstić information content (AvgIpc) is 3.26. The van der Waals surface area contributed by atoms with Gasteiger partial charge in [0.25, 0.3) is 5.91 Å². The zero-order chi connectivity index (χ0) is 21.1. The molecule has 0 bridgehead atoms. The second-order valence-electron chi connectivity index (χ2n) is 8.53. The molecule has 0 fully saturated rings. The molecule has 0 spiro atoms. The van der Waals surface area contributed by atoms with Crippen LogP contribution in [0.1, 0.15) is 42.5 Å². The topological polar surface area (TPSA) is 51.9 Å². The van der Waals surface area contributed by atoms with Crippen LogP contribution in [0.5, 0.6) is 11.5 Å². The lowest BCUT2D eigenvalue weighted by Gasteiger charge is -2.36. The Balaban J connectivity index is 1.48. The zero-order valence-corrected chi connectivity index (χ0v) is 17.6. The number of hydrogen-bond donors (Lipinski definition) is 0. The van der Waals surface area contributed by atoms with Crippen molar-refractivity contribution in [2.45, 2.75) is 45.4 Å². The molecule has 0 N–H and O–H groups in total. The summed E-state index contributed by atoms with van der Waals surface area (Å²) in [6.45, 7) is 7.00. The van der Waals surface area contributed by atoms with Crippen molar-refractivity contribution in [2.75, 3.05) is 6.61 Å². The third-order valence-electron chi connectivity index (χ3n) is 5.04. The Morgan fingerprint density at radius 1 is 1.00 bits per heavy atom. The number of nitrogens with zero attached hydrogens (tertiary/aromatic N) is 1. The predicted octanol–water partition coefficient (Wildman–Crippen LogP) is 5.10. The second-order valence-corrected chi connectivity index (χ2v) is 8.53. The molecule has 2 heterocycles. The summed E-state index contributed by atoms with van der Waals surface area (Å²) in [5.41, 5.74) is 2.17.